The van der Waals surface area contributed by atoms with Crippen molar-refractivity contribution >= 4 is 24.0 Å². The molecule has 0 amide bonds. The second-order valence-electron chi connectivity index (χ2n) is 3.17. The standard InChI is InChI=1S/C10H15BS/c1-2-3-4-5-6-9-7-10(11)12-8-9/h7-8H,2-6H2,1H3. The molecule has 0 aliphatic heterocycles. The molecule has 0 aliphatic rings. The number of aryl methyl sites for hydroxylation is 1. The van der Waals surface area contributed by atoms with E-state index in [0.29, 0.717) is 0 Å². The molecule has 0 atom stereocenters. The highest BCUT2D eigenvalue weighted by atomic mass is 32.1. The number of unbranched alkanes of at least 4 members (excludes halogenated alkanes) is 3. The minimum Gasteiger partial charge on any atom is -0.160 e. The molecule has 0 unspecified atom stereocenters. The number of thiophene rings is 1. The molecule has 2 heteroatoms. The van der Waals surface area contributed by atoms with Crippen LogP contribution in [0.3, 0.4) is 0 Å². The molecule has 1 rings (SSSR count). The highest BCUT2D eigenvalue weighted by Crippen LogP contribution is 2.09. The maximum absolute atomic E-state index is 5.63. The van der Waals surface area contributed by atoms with Gasteiger partial charge in [-0.2, -0.15) is 11.3 Å². The van der Waals surface area contributed by atoms with Gasteiger partial charge in [0.05, 0.1) is 0 Å². The van der Waals surface area contributed by atoms with E-state index in [0.717, 1.165) is 4.78 Å². The summed E-state index contributed by atoms with van der Waals surface area (Å²) < 4.78 is 0.945. The third-order valence-corrected chi connectivity index (χ3v) is 2.80. The van der Waals surface area contributed by atoms with Crippen LogP contribution in [0.15, 0.2) is 11.4 Å². The average Bonchev–Trinajstić information content (AvgIpc) is 2.45. The number of hydrogen-bond acceptors (Lipinski definition) is 1. The predicted molar refractivity (Wildman–Crippen MR) is 57.6 cm³/mol. The molecule has 0 saturated heterocycles. The molecule has 0 saturated carbocycles. The van der Waals surface area contributed by atoms with Crippen LogP contribution in [0.5, 0.6) is 0 Å². The Hall–Kier alpha value is -0.235. The fourth-order valence-electron chi connectivity index (χ4n) is 1.28. The molecule has 2 radical (unpaired) electrons. The summed E-state index contributed by atoms with van der Waals surface area (Å²) in [6, 6.07) is 2.09. The summed E-state index contributed by atoms with van der Waals surface area (Å²) in [5.41, 5.74) is 1.41. The van der Waals surface area contributed by atoms with Gasteiger partial charge in [-0.05, 0) is 28.6 Å². The van der Waals surface area contributed by atoms with Gasteiger partial charge in [0.15, 0.2) is 0 Å². The lowest BCUT2D eigenvalue weighted by molar-refractivity contribution is 0.667. The summed E-state index contributed by atoms with van der Waals surface area (Å²) in [4.78, 5) is 0. The van der Waals surface area contributed by atoms with E-state index in [1.54, 1.807) is 11.3 Å². The number of rotatable bonds is 5. The zero-order valence-electron chi connectivity index (χ0n) is 7.68. The van der Waals surface area contributed by atoms with Gasteiger partial charge in [-0.25, -0.2) is 0 Å². The molecule has 0 nitrogen and oxygen atoms in total. The highest BCUT2D eigenvalue weighted by Gasteiger charge is 1.95. The molecule has 0 aromatic carbocycles. The van der Waals surface area contributed by atoms with Crippen LogP contribution in [0.2, 0.25) is 0 Å². The molecule has 12 heavy (non-hydrogen) atoms. The minimum absolute atomic E-state index is 0.945. The molecule has 64 valence electrons. The van der Waals surface area contributed by atoms with Crippen molar-refractivity contribution < 1.29 is 0 Å². The van der Waals surface area contributed by atoms with Crippen molar-refractivity contribution in [2.24, 2.45) is 0 Å². The maximum atomic E-state index is 5.63. The van der Waals surface area contributed by atoms with E-state index in [2.05, 4.69) is 18.4 Å². The Morgan fingerprint density at radius 1 is 1.33 bits per heavy atom. The second kappa shape index (κ2) is 5.42. The van der Waals surface area contributed by atoms with Crippen LogP contribution >= 0.6 is 11.3 Å². The first kappa shape index (κ1) is 9.85. The van der Waals surface area contributed by atoms with Gasteiger partial charge in [0.1, 0.15) is 7.85 Å². The molecule has 1 heterocycles. The molecular weight excluding hydrogens is 163 g/mol. The Morgan fingerprint density at radius 3 is 2.75 bits per heavy atom. The van der Waals surface area contributed by atoms with Crippen LogP contribution in [-0.2, 0) is 6.42 Å². The van der Waals surface area contributed by atoms with E-state index in [4.69, 9.17) is 7.85 Å². The van der Waals surface area contributed by atoms with Crippen LogP contribution < -0.4 is 4.78 Å². The van der Waals surface area contributed by atoms with Crippen LogP contribution in [0.4, 0.5) is 0 Å². The lowest BCUT2D eigenvalue weighted by Crippen LogP contribution is -1.91. The molecule has 0 fully saturated rings. The van der Waals surface area contributed by atoms with Gasteiger partial charge in [-0.1, -0.05) is 32.3 Å². The second-order valence-corrected chi connectivity index (χ2v) is 4.11. The fourth-order valence-corrected chi connectivity index (χ4v) is 1.97. The smallest absolute Gasteiger partial charge is 0.128 e. The Labute approximate surface area is 80.4 Å². The topological polar surface area (TPSA) is 0 Å². The SMILES string of the molecule is [B]c1cc(CCCCCC)cs1. The molecule has 1 aromatic rings. The van der Waals surface area contributed by atoms with Crippen molar-refractivity contribution in [2.75, 3.05) is 0 Å². The van der Waals surface area contributed by atoms with Gasteiger partial charge in [-0.3, -0.25) is 0 Å². The maximum Gasteiger partial charge on any atom is 0.128 e. The minimum atomic E-state index is 0.945. The zero-order valence-corrected chi connectivity index (χ0v) is 8.49. The van der Waals surface area contributed by atoms with Gasteiger partial charge < -0.3 is 0 Å². The number of hydrogen-bond donors (Lipinski definition) is 0. The molecule has 0 bridgehead atoms. The van der Waals surface area contributed by atoms with Crippen molar-refractivity contribution in [1.29, 1.82) is 0 Å². The van der Waals surface area contributed by atoms with E-state index in [1.807, 2.05) is 0 Å². The van der Waals surface area contributed by atoms with Gasteiger partial charge in [0.25, 0.3) is 0 Å². The molecule has 0 aliphatic carbocycles. The monoisotopic (exact) mass is 178 g/mol. The summed E-state index contributed by atoms with van der Waals surface area (Å²) in [7, 11) is 5.63. The first-order valence-corrected chi connectivity index (χ1v) is 5.53. The normalized spacial score (nSPS) is 10.4. The van der Waals surface area contributed by atoms with E-state index < -0.39 is 0 Å². The van der Waals surface area contributed by atoms with Crippen molar-refractivity contribution in [3.63, 3.8) is 0 Å². The summed E-state index contributed by atoms with van der Waals surface area (Å²) in [6.07, 6.45) is 6.54. The Kier molecular flexibility index (Phi) is 4.45. The molecule has 1 aromatic heterocycles. The molecular formula is C10H15BS. The fraction of sp³-hybridized carbons (Fsp3) is 0.600. The molecule has 0 spiro atoms. The average molecular weight is 178 g/mol. The zero-order chi connectivity index (χ0) is 8.81. The van der Waals surface area contributed by atoms with Crippen LogP contribution in [0.1, 0.15) is 38.2 Å². The van der Waals surface area contributed by atoms with Gasteiger partial charge in [0.2, 0.25) is 0 Å². The van der Waals surface area contributed by atoms with Crippen LogP contribution in [-0.4, -0.2) is 7.85 Å². The third-order valence-electron chi connectivity index (χ3n) is 1.99. The largest absolute Gasteiger partial charge is 0.160 e. The Bertz CT molecular complexity index is 217. The van der Waals surface area contributed by atoms with Crippen molar-refractivity contribution in [2.45, 2.75) is 39.0 Å². The van der Waals surface area contributed by atoms with Crippen molar-refractivity contribution in [1.82, 2.24) is 0 Å². The van der Waals surface area contributed by atoms with Crippen LogP contribution in [0.25, 0.3) is 0 Å². The van der Waals surface area contributed by atoms with Crippen LogP contribution in [0, 0.1) is 0 Å². The van der Waals surface area contributed by atoms with Gasteiger partial charge >= 0.3 is 0 Å². The van der Waals surface area contributed by atoms with Crippen molar-refractivity contribution in [3.05, 3.63) is 17.0 Å². The lowest BCUT2D eigenvalue weighted by atomic mass is 10.0. The summed E-state index contributed by atoms with van der Waals surface area (Å²) in [5, 5.41) is 2.17. The highest BCUT2D eigenvalue weighted by molar-refractivity contribution is 7.18. The first-order chi connectivity index (χ1) is 5.83. The first-order valence-electron chi connectivity index (χ1n) is 4.66. The Morgan fingerprint density at radius 2 is 2.17 bits per heavy atom. The quantitative estimate of drug-likeness (QED) is 0.480. The van der Waals surface area contributed by atoms with E-state index in [-0.39, 0.29) is 0 Å². The van der Waals surface area contributed by atoms with E-state index >= 15 is 0 Å². The predicted octanol–water partition coefficient (Wildman–Crippen LogP) is 2.66. The van der Waals surface area contributed by atoms with Gasteiger partial charge in [-0.15, -0.1) is 0 Å². The van der Waals surface area contributed by atoms with E-state index in [1.165, 1.54) is 37.7 Å². The van der Waals surface area contributed by atoms with Crippen molar-refractivity contribution in [3.8, 4) is 0 Å². The summed E-state index contributed by atoms with van der Waals surface area (Å²) in [5.74, 6) is 0. The lowest BCUT2D eigenvalue weighted by Gasteiger charge is -1.96. The third kappa shape index (κ3) is 3.44. The van der Waals surface area contributed by atoms with Gasteiger partial charge in [0, 0.05) is 0 Å². The summed E-state index contributed by atoms with van der Waals surface area (Å²) >= 11 is 1.65. The Balaban J connectivity index is 2.15. The van der Waals surface area contributed by atoms with E-state index in [9.17, 15) is 0 Å². The molecule has 0 N–H and O–H groups in total. The summed E-state index contributed by atoms with van der Waals surface area (Å²) in [6.45, 7) is 2.24.